The molecule has 0 unspecified atom stereocenters. The number of carbonyl (C=O) groups is 1. The van der Waals surface area contributed by atoms with Crippen molar-refractivity contribution in [2.75, 3.05) is 13.1 Å². The van der Waals surface area contributed by atoms with E-state index in [4.69, 9.17) is 5.73 Å². The summed E-state index contributed by atoms with van der Waals surface area (Å²) in [6.45, 7) is 5.97. The number of likely N-dealkylation sites (tertiary alicyclic amines) is 1. The maximum absolute atomic E-state index is 12.3. The van der Waals surface area contributed by atoms with Crippen LogP contribution in [0.1, 0.15) is 52.4 Å². The molecular formula is C13H26N2O. The lowest BCUT2D eigenvalue weighted by atomic mass is 9.96. The minimum Gasteiger partial charge on any atom is -0.341 e. The van der Waals surface area contributed by atoms with Crippen molar-refractivity contribution in [3.8, 4) is 0 Å². The predicted octanol–water partition coefficient (Wildman–Crippen LogP) is 2.15. The Balaban J connectivity index is 2.46. The van der Waals surface area contributed by atoms with Crippen molar-refractivity contribution in [2.45, 2.75) is 58.4 Å². The maximum atomic E-state index is 12.3. The summed E-state index contributed by atoms with van der Waals surface area (Å²) in [4.78, 5) is 14.2. The Morgan fingerprint density at radius 1 is 1.50 bits per heavy atom. The molecule has 0 aromatic carbocycles. The van der Waals surface area contributed by atoms with Crippen LogP contribution in [0.5, 0.6) is 0 Å². The molecule has 94 valence electrons. The van der Waals surface area contributed by atoms with Crippen LogP contribution in [-0.2, 0) is 4.79 Å². The van der Waals surface area contributed by atoms with E-state index in [2.05, 4.69) is 13.8 Å². The second-order valence-corrected chi connectivity index (χ2v) is 4.93. The Bertz CT molecular complexity index is 218. The lowest BCUT2D eigenvalue weighted by Crippen LogP contribution is -2.47. The van der Waals surface area contributed by atoms with Gasteiger partial charge in [-0.05, 0) is 25.7 Å². The fourth-order valence-electron chi connectivity index (χ4n) is 2.42. The third kappa shape index (κ3) is 3.78. The van der Waals surface area contributed by atoms with Gasteiger partial charge in [-0.2, -0.15) is 0 Å². The normalized spacial score (nSPS) is 23.2. The molecule has 1 amide bonds. The average Bonchev–Trinajstić information content (AvgIpc) is 2.29. The van der Waals surface area contributed by atoms with Crippen molar-refractivity contribution < 1.29 is 4.79 Å². The van der Waals surface area contributed by atoms with Gasteiger partial charge in [-0.1, -0.05) is 26.7 Å². The number of unbranched alkanes of at least 4 members (excludes halogenated alkanes) is 1. The molecule has 1 aliphatic heterocycles. The number of piperidine rings is 1. The third-order valence-corrected chi connectivity index (χ3v) is 3.52. The summed E-state index contributed by atoms with van der Waals surface area (Å²) in [5, 5.41) is 0. The van der Waals surface area contributed by atoms with Gasteiger partial charge in [0.15, 0.2) is 0 Å². The molecule has 0 radical (unpaired) electrons. The number of nitrogens with two attached hydrogens (primary N) is 1. The molecule has 0 saturated carbocycles. The van der Waals surface area contributed by atoms with E-state index in [0.29, 0.717) is 5.91 Å². The molecule has 0 bridgehead atoms. The molecule has 3 heteroatoms. The van der Waals surface area contributed by atoms with E-state index in [1.165, 1.54) is 6.42 Å². The largest absolute Gasteiger partial charge is 0.341 e. The molecule has 0 aromatic rings. The highest BCUT2D eigenvalue weighted by Crippen LogP contribution is 2.18. The topological polar surface area (TPSA) is 46.3 Å². The van der Waals surface area contributed by atoms with Gasteiger partial charge in [-0.15, -0.1) is 0 Å². The van der Waals surface area contributed by atoms with Crippen LogP contribution in [0.15, 0.2) is 0 Å². The lowest BCUT2D eigenvalue weighted by Gasteiger charge is -2.33. The molecule has 16 heavy (non-hydrogen) atoms. The molecule has 1 saturated heterocycles. The van der Waals surface area contributed by atoms with Gasteiger partial charge >= 0.3 is 0 Å². The third-order valence-electron chi connectivity index (χ3n) is 3.52. The maximum Gasteiger partial charge on any atom is 0.225 e. The summed E-state index contributed by atoms with van der Waals surface area (Å²) in [5.74, 6) is 0.566. The monoisotopic (exact) mass is 226 g/mol. The van der Waals surface area contributed by atoms with E-state index in [0.717, 1.165) is 45.2 Å². The minimum atomic E-state index is 0.196. The van der Waals surface area contributed by atoms with Gasteiger partial charge in [0.2, 0.25) is 5.91 Å². The predicted molar refractivity (Wildman–Crippen MR) is 67.1 cm³/mol. The quantitative estimate of drug-likeness (QED) is 0.781. The molecule has 1 rings (SSSR count). The molecule has 1 fully saturated rings. The van der Waals surface area contributed by atoms with Crippen LogP contribution in [0.2, 0.25) is 0 Å². The van der Waals surface area contributed by atoms with Crippen LogP contribution in [0, 0.1) is 5.92 Å². The molecule has 1 aliphatic rings. The highest BCUT2D eigenvalue weighted by atomic mass is 16.2. The molecule has 1 heterocycles. The molecule has 0 aromatic heterocycles. The van der Waals surface area contributed by atoms with Crippen LogP contribution >= 0.6 is 0 Å². The molecule has 0 spiro atoms. The summed E-state index contributed by atoms with van der Waals surface area (Å²) in [6.07, 6.45) is 6.46. The zero-order valence-corrected chi connectivity index (χ0v) is 10.7. The van der Waals surface area contributed by atoms with Gasteiger partial charge in [0.1, 0.15) is 0 Å². The standard InChI is InChI=1S/C13H26N2O/c1-3-5-7-11(4-2)13(16)15-9-6-8-12(14)10-15/h11-12H,3-10,14H2,1-2H3/t11-,12-/m1/s1. The van der Waals surface area contributed by atoms with E-state index >= 15 is 0 Å². The summed E-state index contributed by atoms with van der Waals surface area (Å²) >= 11 is 0. The summed E-state index contributed by atoms with van der Waals surface area (Å²) in [5.41, 5.74) is 5.91. The van der Waals surface area contributed by atoms with Gasteiger partial charge in [0.25, 0.3) is 0 Å². The first-order chi connectivity index (χ1) is 7.69. The molecule has 2 N–H and O–H groups in total. The number of amides is 1. The van der Waals surface area contributed by atoms with Gasteiger partial charge in [-0.25, -0.2) is 0 Å². The van der Waals surface area contributed by atoms with Gasteiger partial charge < -0.3 is 10.6 Å². The number of hydrogen-bond acceptors (Lipinski definition) is 2. The van der Waals surface area contributed by atoms with E-state index in [9.17, 15) is 4.79 Å². The second kappa shape index (κ2) is 6.89. The first-order valence-corrected chi connectivity index (χ1v) is 6.73. The van der Waals surface area contributed by atoms with Gasteiger partial charge in [0, 0.05) is 25.0 Å². The van der Waals surface area contributed by atoms with Crippen LogP contribution in [0.4, 0.5) is 0 Å². The van der Waals surface area contributed by atoms with Crippen molar-refractivity contribution in [2.24, 2.45) is 11.7 Å². The van der Waals surface area contributed by atoms with Crippen molar-refractivity contribution in [1.82, 2.24) is 4.90 Å². The highest BCUT2D eigenvalue weighted by molar-refractivity contribution is 5.78. The van der Waals surface area contributed by atoms with E-state index in [1.54, 1.807) is 0 Å². The van der Waals surface area contributed by atoms with Crippen LogP contribution in [0.3, 0.4) is 0 Å². The second-order valence-electron chi connectivity index (χ2n) is 4.93. The van der Waals surface area contributed by atoms with Crippen molar-refractivity contribution in [3.05, 3.63) is 0 Å². The van der Waals surface area contributed by atoms with Gasteiger partial charge in [0.05, 0.1) is 0 Å². The smallest absolute Gasteiger partial charge is 0.225 e. The highest BCUT2D eigenvalue weighted by Gasteiger charge is 2.26. The summed E-state index contributed by atoms with van der Waals surface area (Å²) < 4.78 is 0. The van der Waals surface area contributed by atoms with E-state index < -0.39 is 0 Å². The SMILES string of the molecule is CCCC[C@@H](CC)C(=O)N1CCC[C@@H](N)C1. The molecule has 0 aliphatic carbocycles. The van der Waals surface area contributed by atoms with Crippen LogP contribution < -0.4 is 5.73 Å². The van der Waals surface area contributed by atoms with E-state index in [1.807, 2.05) is 4.90 Å². The number of carbonyl (C=O) groups excluding carboxylic acids is 1. The Labute approximate surface area is 99.4 Å². The lowest BCUT2D eigenvalue weighted by molar-refractivity contribution is -0.137. The molecular weight excluding hydrogens is 200 g/mol. The Morgan fingerprint density at radius 3 is 2.81 bits per heavy atom. The Kier molecular flexibility index (Phi) is 5.81. The molecule has 3 nitrogen and oxygen atoms in total. The van der Waals surface area contributed by atoms with Crippen LogP contribution in [0.25, 0.3) is 0 Å². The number of nitrogens with zero attached hydrogens (tertiary/aromatic N) is 1. The average molecular weight is 226 g/mol. The zero-order chi connectivity index (χ0) is 12.0. The van der Waals surface area contributed by atoms with Crippen molar-refractivity contribution in [3.63, 3.8) is 0 Å². The summed E-state index contributed by atoms with van der Waals surface area (Å²) in [6, 6.07) is 0.196. The fourth-order valence-corrected chi connectivity index (χ4v) is 2.42. The fraction of sp³-hybridized carbons (Fsp3) is 0.923. The Morgan fingerprint density at radius 2 is 2.25 bits per heavy atom. The van der Waals surface area contributed by atoms with Crippen LogP contribution in [-0.4, -0.2) is 29.9 Å². The first kappa shape index (κ1) is 13.5. The van der Waals surface area contributed by atoms with Gasteiger partial charge in [-0.3, -0.25) is 4.79 Å². The molecule has 2 atom stereocenters. The zero-order valence-electron chi connectivity index (χ0n) is 10.7. The minimum absolute atomic E-state index is 0.196. The first-order valence-electron chi connectivity index (χ1n) is 6.73. The summed E-state index contributed by atoms with van der Waals surface area (Å²) in [7, 11) is 0. The Hall–Kier alpha value is -0.570. The van der Waals surface area contributed by atoms with E-state index in [-0.39, 0.29) is 12.0 Å². The van der Waals surface area contributed by atoms with Crippen molar-refractivity contribution in [1.29, 1.82) is 0 Å². The number of rotatable bonds is 5. The van der Waals surface area contributed by atoms with Crippen molar-refractivity contribution >= 4 is 5.91 Å². The number of hydrogen-bond donors (Lipinski definition) is 1.